The maximum Gasteiger partial charge on any atom is 0.267 e. The number of likely N-dealkylation sites (N-methyl/N-ethyl adjacent to an activating group) is 1. The second-order valence-corrected chi connectivity index (χ2v) is 5.42. The van der Waals surface area contributed by atoms with Crippen LogP contribution in [0.4, 0.5) is 10.1 Å². The number of ether oxygens (including phenoxy) is 1. The molecule has 1 atom stereocenters. The summed E-state index contributed by atoms with van der Waals surface area (Å²) in [6, 6.07) is 13.4. The van der Waals surface area contributed by atoms with Crippen molar-refractivity contribution in [3.05, 3.63) is 58.8 Å². The fraction of sp³-hybridized carbons (Fsp3) is 0.188. The van der Waals surface area contributed by atoms with E-state index in [1.54, 1.807) is 14.0 Å². The Hall–Kier alpha value is -1.88. The van der Waals surface area contributed by atoms with Crippen molar-refractivity contribution in [3.8, 4) is 5.75 Å². The van der Waals surface area contributed by atoms with Crippen molar-refractivity contribution in [1.29, 1.82) is 0 Å². The van der Waals surface area contributed by atoms with E-state index in [1.165, 1.54) is 23.1 Å². The first-order chi connectivity index (χ1) is 9.99. The molecule has 2 rings (SSSR count). The molecular formula is C16H15BrFNO2. The molecule has 5 heteroatoms. The number of halogens is 2. The van der Waals surface area contributed by atoms with Crippen molar-refractivity contribution < 1.29 is 13.9 Å². The molecule has 1 unspecified atom stereocenters. The molecule has 0 N–H and O–H groups in total. The normalized spacial score (nSPS) is 11.8. The average Bonchev–Trinajstić information content (AvgIpc) is 2.49. The van der Waals surface area contributed by atoms with Crippen molar-refractivity contribution in [2.45, 2.75) is 13.0 Å². The van der Waals surface area contributed by atoms with Crippen LogP contribution in [0.25, 0.3) is 0 Å². The molecule has 0 radical (unpaired) electrons. The highest BCUT2D eigenvalue weighted by molar-refractivity contribution is 9.10. The Morgan fingerprint density at radius 1 is 1.24 bits per heavy atom. The van der Waals surface area contributed by atoms with Gasteiger partial charge in [0.15, 0.2) is 6.10 Å². The number of amides is 1. The van der Waals surface area contributed by atoms with Gasteiger partial charge in [-0.1, -0.05) is 18.2 Å². The number of hydrogen-bond donors (Lipinski definition) is 0. The van der Waals surface area contributed by atoms with Crippen molar-refractivity contribution in [2.24, 2.45) is 0 Å². The molecule has 0 fully saturated rings. The lowest BCUT2D eigenvalue weighted by atomic mass is 10.2. The van der Waals surface area contributed by atoms with Crippen LogP contribution in [0.15, 0.2) is 53.0 Å². The molecule has 0 aliphatic carbocycles. The third kappa shape index (κ3) is 3.82. The van der Waals surface area contributed by atoms with Gasteiger partial charge in [0.25, 0.3) is 5.91 Å². The standard InChI is InChI=1S/C16H15BrFNO2/c1-11(21-15-9-8-12(18)10-14(15)17)16(20)19(2)13-6-4-3-5-7-13/h3-11H,1-2H3. The quantitative estimate of drug-likeness (QED) is 0.832. The van der Waals surface area contributed by atoms with Crippen molar-refractivity contribution in [1.82, 2.24) is 0 Å². The topological polar surface area (TPSA) is 29.5 Å². The summed E-state index contributed by atoms with van der Waals surface area (Å²) in [6.45, 7) is 1.66. The van der Waals surface area contributed by atoms with Crippen molar-refractivity contribution >= 4 is 27.5 Å². The lowest BCUT2D eigenvalue weighted by Gasteiger charge is -2.22. The van der Waals surface area contributed by atoms with E-state index in [9.17, 15) is 9.18 Å². The summed E-state index contributed by atoms with van der Waals surface area (Å²) in [4.78, 5) is 13.9. The predicted molar refractivity (Wildman–Crippen MR) is 84.0 cm³/mol. The summed E-state index contributed by atoms with van der Waals surface area (Å²) < 4.78 is 19.1. The van der Waals surface area contributed by atoms with E-state index < -0.39 is 6.10 Å². The van der Waals surface area contributed by atoms with E-state index in [4.69, 9.17) is 4.74 Å². The van der Waals surface area contributed by atoms with Crippen LogP contribution in [-0.4, -0.2) is 19.1 Å². The predicted octanol–water partition coefficient (Wildman–Crippen LogP) is 4.02. The highest BCUT2D eigenvalue weighted by atomic mass is 79.9. The molecule has 1 amide bonds. The molecule has 2 aromatic carbocycles. The lowest BCUT2D eigenvalue weighted by molar-refractivity contribution is -0.124. The number of carbonyl (C=O) groups is 1. The minimum absolute atomic E-state index is 0.183. The molecule has 0 saturated carbocycles. The van der Waals surface area contributed by atoms with Gasteiger partial charge in [-0.05, 0) is 53.2 Å². The van der Waals surface area contributed by atoms with Crippen LogP contribution in [0.3, 0.4) is 0 Å². The van der Waals surface area contributed by atoms with Gasteiger partial charge in [-0.3, -0.25) is 4.79 Å². The molecule has 3 nitrogen and oxygen atoms in total. The third-order valence-electron chi connectivity index (χ3n) is 3.02. The first kappa shape index (κ1) is 15.5. The van der Waals surface area contributed by atoms with Crippen LogP contribution >= 0.6 is 15.9 Å². The van der Waals surface area contributed by atoms with Gasteiger partial charge in [0, 0.05) is 12.7 Å². The van der Waals surface area contributed by atoms with E-state index in [0.717, 1.165) is 5.69 Å². The Balaban J connectivity index is 2.09. The third-order valence-corrected chi connectivity index (χ3v) is 3.64. The number of nitrogens with zero attached hydrogens (tertiary/aromatic N) is 1. The molecule has 110 valence electrons. The number of hydrogen-bond acceptors (Lipinski definition) is 2. The SMILES string of the molecule is CC(Oc1ccc(F)cc1Br)C(=O)N(C)c1ccccc1. The van der Waals surface area contributed by atoms with Gasteiger partial charge in [0.1, 0.15) is 11.6 Å². The molecule has 0 spiro atoms. The fourth-order valence-electron chi connectivity index (χ4n) is 1.86. The van der Waals surface area contributed by atoms with Crippen LogP contribution in [0.1, 0.15) is 6.92 Å². The molecule has 0 heterocycles. The molecule has 0 aliphatic heterocycles. The monoisotopic (exact) mass is 351 g/mol. The van der Waals surface area contributed by atoms with E-state index in [0.29, 0.717) is 10.2 Å². The second-order valence-electron chi connectivity index (χ2n) is 4.57. The largest absolute Gasteiger partial charge is 0.480 e. The minimum atomic E-state index is -0.683. The molecule has 0 aromatic heterocycles. The Morgan fingerprint density at radius 3 is 2.52 bits per heavy atom. The van der Waals surface area contributed by atoms with Gasteiger partial charge in [-0.15, -0.1) is 0 Å². The van der Waals surface area contributed by atoms with Crippen molar-refractivity contribution in [3.63, 3.8) is 0 Å². The van der Waals surface area contributed by atoms with Gasteiger partial charge in [0.05, 0.1) is 4.47 Å². The molecule has 21 heavy (non-hydrogen) atoms. The zero-order valence-electron chi connectivity index (χ0n) is 11.7. The maximum atomic E-state index is 13.0. The molecular weight excluding hydrogens is 337 g/mol. The first-order valence-corrected chi connectivity index (χ1v) is 7.22. The molecule has 0 aliphatic rings. The van der Waals surface area contributed by atoms with Crippen LogP contribution in [0, 0.1) is 5.82 Å². The number of carbonyl (C=O) groups excluding carboxylic acids is 1. The minimum Gasteiger partial charge on any atom is -0.480 e. The van der Waals surface area contributed by atoms with Gasteiger partial charge in [0.2, 0.25) is 0 Å². The summed E-state index contributed by atoms with van der Waals surface area (Å²) in [6.07, 6.45) is -0.683. The van der Waals surface area contributed by atoms with Crippen LogP contribution in [-0.2, 0) is 4.79 Å². The van der Waals surface area contributed by atoms with E-state index >= 15 is 0 Å². The van der Waals surface area contributed by atoms with Gasteiger partial charge < -0.3 is 9.64 Å². The summed E-state index contributed by atoms with van der Waals surface area (Å²) in [5, 5.41) is 0. The summed E-state index contributed by atoms with van der Waals surface area (Å²) >= 11 is 3.22. The summed E-state index contributed by atoms with van der Waals surface area (Å²) in [5.74, 6) is -0.120. The summed E-state index contributed by atoms with van der Waals surface area (Å²) in [7, 11) is 1.69. The maximum absolute atomic E-state index is 13.0. The summed E-state index contributed by atoms with van der Waals surface area (Å²) in [5.41, 5.74) is 0.788. The molecule has 0 bridgehead atoms. The van der Waals surface area contributed by atoms with Gasteiger partial charge >= 0.3 is 0 Å². The fourth-order valence-corrected chi connectivity index (χ4v) is 2.31. The van der Waals surface area contributed by atoms with Gasteiger partial charge in [-0.25, -0.2) is 4.39 Å². The average molecular weight is 352 g/mol. The first-order valence-electron chi connectivity index (χ1n) is 6.43. The highest BCUT2D eigenvalue weighted by Gasteiger charge is 2.21. The van der Waals surface area contributed by atoms with Crippen LogP contribution < -0.4 is 9.64 Å². The Kier molecular flexibility index (Phi) is 4.96. The number of benzene rings is 2. The zero-order valence-corrected chi connectivity index (χ0v) is 13.3. The van der Waals surface area contributed by atoms with Crippen LogP contribution in [0.5, 0.6) is 5.75 Å². The van der Waals surface area contributed by atoms with E-state index in [1.807, 2.05) is 30.3 Å². The smallest absolute Gasteiger partial charge is 0.267 e. The Bertz CT molecular complexity index is 633. The van der Waals surface area contributed by atoms with Gasteiger partial charge in [-0.2, -0.15) is 0 Å². The molecule has 2 aromatic rings. The highest BCUT2D eigenvalue weighted by Crippen LogP contribution is 2.27. The zero-order chi connectivity index (χ0) is 15.4. The second kappa shape index (κ2) is 6.72. The van der Waals surface area contributed by atoms with Crippen molar-refractivity contribution in [2.75, 3.05) is 11.9 Å². The van der Waals surface area contributed by atoms with Crippen LogP contribution in [0.2, 0.25) is 0 Å². The number of anilines is 1. The number of para-hydroxylation sites is 1. The Labute approximate surface area is 131 Å². The molecule has 0 saturated heterocycles. The Morgan fingerprint density at radius 2 is 1.90 bits per heavy atom. The van der Waals surface area contributed by atoms with E-state index in [-0.39, 0.29) is 11.7 Å². The van der Waals surface area contributed by atoms with E-state index in [2.05, 4.69) is 15.9 Å². The lowest BCUT2D eigenvalue weighted by Crippen LogP contribution is -2.38. The number of rotatable bonds is 4.